The first kappa shape index (κ1) is 14.4. The van der Waals surface area contributed by atoms with E-state index in [1.165, 1.54) is 0 Å². The van der Waals surface area contributed by atoms with Gasteiger partial charge in [0, 0.05) is 11.6 Å². The molecule has 0 amide bonds. The van der Waals surface area contributed by atoms with Crippen LogP contribution in [-0.2, 0) is 16.0 Å². The predicted octanol–water partition coefficient (Wildman–Crippen LogP) is 2.82. The molecular weight excluding hydrogens is 262 g/mol. The van der Waals surface area contributed by atoms with Gasteiger partial charge < -0.3 is 10.1 Å². The fourth-order valence-corrected chi connectivity index (χ4v) is 2.90. The third-order valence-corrected chi connectivity index (χ3v) is 3.85. The molecule has 0 unspecified atom stereocenters. The molecule has 0 saturated carbocycles. The van der Waals surface area contributed by atoms with Crippen LogP contribution in [0.1, 0.15) is 25.3 Å². The van der Waals surface area contributed by atoms with Crippen molar-refractivity contribution in [3.8, 4) is 0 Å². The van der Waals surface area contributed by atoms with Crippen LogP contribution in [0.5, 0.6) is 0 Å². The van der Waals surface area contributed by atoms with Crippen molar-refractivity contribution in [2.75, 3.05) is 19.7 Å². The van der Waals surface area contributed by atoms with E-state index in [0.717, 1.165) is 24.9 Å². The maximum Gasteiger partial charge on any atom is 0.313 e. The Labute approximate surface area is 119 Å². The zero-order valence-corrected chi connectivity index (χ0v) is 12.0. The molecule has 2 rings (SSSR count). The molecule has 1 aromatic rings. The molecule has 0 spiro atoms. The Bertz CT molecular complexity index is 442. The van der Waals surface area contributed by atoms with Crippen molar-refractivity contribution in [2.45, 2.75) is 26.2 Å². The molecule has 1 aliphatic rings. The maximum absolute atomic E-state index is 12.3. The normalized spacial score (nSPS) is 23.1. The van der Waals surface area contributed by atoms with Crippen molar-refractivity contribution in [1.82, 2.24) is 5.32 Å². The van der Waals surface area contributed by atoms with E-state index in [-0.39, 0.29) is 5.97 Å². The van der Waals surface area contributed by atoms with Gasteiger partial charge >= 0.3 is 5.97 Å². The second-order valence-corrected chi connectivity index (χ2v) is 5.52. The number of carbonyl (C=O) groups is 1. The van der Waals surface area contributed by atoms with E-state index in [1.807, 2.05) is 31.2 Å². The van der Waals surface area contributed by atoms with Crippen LogP contribution < -0.4 is 5.32 Å². The minimum Gasteiger partial charge on any atom is -0.466 e. The topological polar surface area (TPSA) is 38.3 Å². The highest BCUT2D eigenvalue weighted by Gasteiger charge is 2.41. The van der Waals surface area contributed by atoms with Gasteiger partial charge in [0.2, 0.25) is 0 Å². The van der Waals surface area contributed by atoms with Gasteiger partial charge in [0.05, 0.1) is 12.0 Å². The highest BCUT2D eigenvalue weighted by atomic mass is 35.5. The monoisotopic (exact) mass is 281 g/mol. The van der Waals surface area contributed by atoms with Crippen LogP contribution in [0.4, 0.5) is 0 Å². The first-order valence-corrected chi connectivity index (χ1v) is 7.16. The average Bonchev–Trinajstić information content (AvgIpc) is 2.40. The summed E-state index contributed by atoms with van der Waals surface area (Å²) in [5, 5.41) is 4.02. The molecule has 0 aliphatic carbocycles. The minimum absolute atomic E-state index is 0.0952. The van der Waals surface area contributed by atoms with Gasteiger partial charge in [0.25, 0.3) is 0 Å². The predicted molar refractivity (Wildman–Crippen MR) is 76.3 cm³/mol. The van der Waals surface area contributed by atoms with Crippen LogP contribution in [0.15, 0.2) is 24.3 Å². The van der Waals surface area contributed by atoms with Crippen LogP contribution >= 0.6 is 11.6 Å². The zero-order valence-electron chi connectivity index (χ0n) is 11.2. The van der Waals surface area contributed by atoms with Crippen LogP contribution in [0, 0.1) is 5.41 Å². The lowest BCUT2D eigenvalue weighted by molar-refractivity contribution is -0.156. The molecule has 19 heavy (non-hydrogen) atoms. The number of hydrogen-bond acceptors (Lipinski definition) is 3. The van der Waals surface area contributed by atoms with Crippen LogP contribution in [0.2, 0.25) is 5.02 Å². The summed E-state index contributed by atoms with van der Waals surface area (Å²) < 4.78 is 5.28. The Morgan fingerprint density at radius 2 is 2.37 bits per heavy atom. The van der Waals surface area contributed by atoms with Gasteiger partial charge in [0.15, 0.2) is 0 Å². The van der Waals surface area contributed by atoms with E-state index in [9.17, 15) is 4.79 Å². The number of rotatable bonds is 4. The van der Waals surface area contributed by atoms with Gasteiger partial charge in [-0.1, -0.05) is 23.7 Å². The molecule has 1 aliphatic heterocycles. The van der Waals surface area contributed by atoms with Crippen molar-refractivity contribution >= 4 is 17.6 Å². The summed E-state index contributed by atoms with van der Waals surface area (Å²) in [5.41, 5.74) is 0.642. The Hall–Kier alpha value is -1.06. The van der Waals surface area contributed by atoms with E-state index in [2.05, 4.69) is 5.32 Å². The highest BCUT2D eigenvalue weighted by molar-refractivity contribution is 6.30. The number of ether oxygens (including phenoxy) is 1. The molecule has 0 aromatic heterocycles. The molecule has 4 heteroatoms. The van der Waals surface area contributed by atoms with Gasteiger partial charge in [-0.15, -0.1) is 0 Å². The van der Waals surface area contributed by atoms with Gasteiger partial charge in [-0.05, 0) is 50.4 Å². The largest absolute Gasteiger partial charge is 0.466 e. The van der Waals surface area contributed by atoms with E-state index in [4.69, 9.17) is 16.3 Å². The first-order chi connectivity index (χ1) is 9.16. The number of benzene rings is 1. The molecule has 1 aromatic carbocycles. The second-order valence-electron chi connectivity index (χ2n) is 5.09. The third-order valence-electron chi connectivity index (χ3n) is 3.61. The quantitative estimate of drug-likeness (QED) is 0.863. The fraction of sp³-hybridized carbons (Fsp3) is 0.533. The number of hydrogen-bond donors (Lipinski definition) is 1. The van der Waals surface area contributed by atoms with Gasteiger partial charge in [0.1, 0.15) is 0 Å². The van der Waals surface area contributed by atoms with Crippen molar-refractivity contribution < 1.29 is 9.53 Å². The third kappa shape index (κ3) is 3.48. The van der Waals surface area contributed by atoms with Crippen LogP contribution in [-0.4, -0.2) is 25.7 Å². The first-order valence-electron chi connectivity index (χ1n) is 6.79. The lowest BCUT2D eigenvalue weighted by atomic mass is 9.76. The van der Waals surface area contributed by atoms with Crippen molar-refractivity contribution in [3.63, 3.8) is 0 Å². The summed E-state index contributed by atoms with van der Waals surface area (Å²) in [4.78, 5) is 12.3. The summed E-state index contributed by atoms with van der Waals surface area (Å²) in [6.45, 7) is 3.92. The Morgan fingerprint density at radius 1 is 1.53 bits per heavy atom. The standard InChI is InChI=1S/C15H20ClNO2/c1-2-19-14(18)15(7-4-8-17-11-15)10-12-5-3-6-13(16)9-12/h3,5-6,9,17H,2,4,7-8,10-11H2,1H3/t15-/m1/s1. The molecular formula is C15H20ClNO2. The smallest absolute Gasteiger partial charge is 0.313 e. The summed E-state index contributed by atoms with van der Waals surface area (Å²) in [7, 11) is 0. The summed E-state index contributed by atoms with van der Waals surface area (Å²) in [6.07, 6.45) is 2.55. The molecule has 0 bridgehead atoms. The molecule has 0 radical (unpaired) electrons. The SMILES string of the molecule is CCOC(=O)[C@@]1(Cc2cccc(Cl)c2)CCCNC1. The number of nitrogens with one attached hydrogen (secondary N) is 1. The Morgan fingerprint density at radius 3 is 3.00 bits per heavy atom. The van der Waals surface area contributed by atoms with Crippen LogP contribution in [0.25, 0.3) is 0 Å². The second kappa shape index (κ2) is 6.40. The van der Waals surface area contributed by atoms with Crippen molar-refractivity contribution in [2.24, 2.45) is 5.41 Å². The summed E-state index contributed by atoms with van der Waals surface area (Å²) in [6, 6.07) is 7.71. The lowest BCUT2D eigenvalue weighted by Crippen LogP contribution is -2.47. The molecule has 1 saturated heterocycles. The van der Waals surface area contributed by atoms with E-state index in [0.29, 0.717) is 24.6 Å². The molecule has 104 valence electrons. The van der Waals surface area contributed by atoms with E-state index in [1.54, 1.807) is 0 Å². The minimum atomic E-state index is -0.445. The summed E-state index contributed by atoms with van der Waals surface area (Å²) >= 11 is 6.02. The zero-order chi connectivity index (χ0) is 13.7. The summed E-state index contributed by atoms with van der Waals surface area (Å²) in [5.74, 6) is -0.0952. The lowest BCUT2D eigenvalue weighted by Gasteiger charge is -2.35. The molecule has 1 atom stereocenters. The van der Waals surface area contributed by atoms with Gasteiger partial charge in [-0.2, -0.15) is 0 Å². The molecule has 1 heterocycles. The average molecular weight is 282 g/mol. The Kier molecular flexibility index (Phi) is 4.83. The van der Waals surface area contributed by atoms with Gasteiger partial charge in [-0.25, -0.2) is 0 Å². The van der Waals surface area contributed by atoms with E-state index < -0.39 is 5.41 Å². The Balaban J connectivity index is 2.20. The number of piperidine rings is 1. The van der Waals surface area contributed by atoms with Crippen LogP contribution in [0.3, 0.4) is 0 Å². The molecule has 1 N–H and O–H groups in total. The van der Waals surface area contributed by atoms with Crippen molar-refractivity contribution in [3.05, 3.63) is 34.9 Å². The van der Waals surface area contributed by atoms with E-state index >= 15 is 0 Å². The number of esters is 1. The number of carbonyl (C=O) groups excluding carboxylic acids is 1. The number of halogens is 1. The van der Waals surface area contributed by atoms with Gasteiger partial charge in [-0.3, -0.25) is 4.79 Å². The maximum atomic E-state index is 12.3. The highest BCUT2D eigenvalue weighted by Crippen LogP contribution is 2.32. The molecule has 1 fully saturated rings. The fourth-order valence-electron chi connectivity index (χ4n) is 2.69. The van der Waals surface area contributed by atoms with Crippen molar-refractivity contribution in [1.29, 1.82) is 0 Å². The molecule has 3 nitrogen and oxygen atoms in total.